The predicted molar refractivity (Wildman–Crippen MR) is 114 cm³/mol. The zero-order valence-corrected chi connectivity index (χ0v) is 17.1. The number of amides is 1. The lowest BCUT2D eigenvalue weighted by Crippen LogP contribution is -2.17. The molecule has 3 aromatic carbocycles. The molecule has 0 radical (unpaired) electrons. The number of carbonyl (C=O) groups excluding carboxylic acids is 1. The van der Waals surface area contributed by atoms with E-state index in [1.165, 1.54) is 30.3 Å². The van der Waals surface area contributed by atoms with Crippen LogP contribution in [0.2, 0.25) is 0 Å². The normalized spacial score (nSPS) is 11.0. The first-order chi connectivity index (χ1) is 14.2. The SMILES string of the molecule is Cc1ccc([N+](=O)[O-])cc1NS(=O)(=O)c1cc(C(=O)Nc2ccccc2)ccc1C. The van der Waals surface area contributed by atoms with Gasteiger partial charge in [-0.2, -0.15) is 0 Å². The second-order valence-corrected chi connectivity index (χ2v) is 8.31. The van der Waals surface area contributed by atoms with E-state index in [1.54, 1.807) is 38.1 Å². The van der Waals surface area contributed by atoms with Crippen LogP contribution in [0.25, 0.3) is 0 Å². The summed E-state index contributed by atoms with van der Waals surface area (Å²) in [5.74, 6) is -0.454. The van der Waals surface area contributed by atoms with E-state index >= 15 is 0 Å². The third kappa shape index (κ3) is 4.64. The molecule has 2 N–H and O–H groups in total. The van der Waals surface area contributed by atoms with Gasteiger partial charge in [0.25, 0.3) is 21.6 Å². The smallest absolute Gasteiger partial charge is 0.271 e. The monoisotopic (exact) mass is 425 g/mol. The average Bonchev–Trinajstić information content (AvgIpc) is 2.70. The van der Waals surface area contributed by atoms with E-state index in [-0.39, 0.29) is 21.8 Å². The Kier molecular flexibility index (Phi) is 5.84. The van der Waals surface area contributed by atoms with E-state index < -0.39 is 20.9 Å². The van der Waals surface area contributed by atoms with Crippen molar-refractivity contribution in [3.8, 4) is 0 Å². The highest BCUT2D eigenvalue weighted by Crippen LogP contribution is 2.26. The van der Waals surface area contributed by atoms with Gasteiger partial charge in [0.15, 0.2) is 0 Å². The summed E-state index contributed by atoms with van der Waals surface area (Å²) < 4.78 is 28.3. The summed E-state index contributed by atoms with van der Waals surface area (Å²) in [5.41, 5.74) is 1.58. The van der Waals surface area contributed by atoms with Gasteiger partial charge in [-0.1, -0.05) is 30.3 Å². The second-order valence-electron chi connectivity index (χ2n) is 6.66. The molecule has 0 spiro atoms. The van der Waals surface area contributed by atoms with Crippen molar-refractivity contribution in [1.29, 1.82) is 0 Å². The van der Waals surface area contributed by atoms with E-state index in [2.05, 4.69) is 10.0 Å². The molecule has 0 aliphatic carbocycles. The van der Waals surface area contributed by atoms with Gasteiger partial charge in [0.05, 0.1) is 15.5 Å². The van der Waals surface area contributed by atoms with Crippen LogP contribution in [-0.4, -0.2) is 19.2 Å². The molecule has 0 saturated heterocycles. The largest absolute Gasteiger partial charge is 0.322 e. The third-order valence-corrected chi connectivity index (χ3v) is 5.96. The first-order valence-electron chi connectivity index (χ1n) is 8.92. The Morgan fingerprint density at radius 1 is 0.933 bits per heavy atom. The molecular weight excluding hydrogens is 406 g/mol. The van der Waals surface area contributed by atoms with Crippen LogP contribution >= 0.6 is 0 Å². The van der Waals surface area contributed by atoms with E-state index in [1.807, 2.05) is 6.07 Å². The van der Waals surface area contributed by atoms with Gasteiger partial charge in [-0.15, -0.1) is 0 Å². The summed E-state index contributed by atoms with van der Waals surface area (Å²) in [5, 5.41) is 13.7. The number of carbonyl (C=O) groups is 1. The number of aryl methyl sites for hydroxylation is 2. The van der Waals surface area contributed by atoms with Crippen molar-refractivity contribution in [2.75, 3.05) is 10.0 Å². The van der Waals surface area contributed by atoms with E-state index in [4.69, 9.17) is 0 Å². The maximum absolute atomic E-state index is 13.0. The minimum Gasteiger partial charge on any atom is -0.322 e. The molecule has 0 aliphatic heterocycles. The van der Waals surface area contributed by atoms with Crippen LogP contribution < -0.4 is 10.0 Å². The summed E-state index contributed by atoms with van der Waals surface area (Å²) in [7, 11) is -4.09. The fourth-order valence-electron chi connectivity index (χ4n) is 2.79. The molecule has 9 heteroatoms. The van der Waals surface area contributed by atoms with E-state index in [0.717, 1.165) is 6.07 Å². The molecule has 0 unspecified atom stereocenters. The topological polar surface area (TPSA) is 118 Å². The highest BCUT2D eigenvalue weighted by molar-refractivity contribution is 7.92. The first kappa shape index (κ1) is 21.0. The van der Waals surface area contributed by atoms with Crippen molar-refractivity contribution in [2.24, 2.45) is 0 Å². The molecule has 154 valence electrons. The lowest BCUT2D eigenvalue weighted by molar-refractivity contribution is -0.384. The number of nitrogens with zero attached hydrogens (tertiary/aromatic N) is 1. The summed E-state index contributed by atoms with van der Waals surface area (Å²) in [6.07, 6.45) is 0. The Bertz CT molecular complexity index is 1220. The van der Waals surface area contributed by atoms with Gasteiger partial charge in [0, 0.05) is 23.4 Å². The average molecular weight is 425 g/mol. The van der Waals surface area contributed by atoms with Gasteiger partial charge < -0.3 is 5.32 Å². The quantitative estimate of drug-likeness (QED) is 0.452. The van der Waals surface area contributed by atoms with E-state index in [9.17, 15) is 23.3 Å². The molecule has 0 heterocycles. The standard InChI is InChI=1S/C21H19N3O5S/c1-14-9-11-18(24(26)27)13-19(14)23-30(28,29)20-12-16(10-8-15(20)2)21(25)22-17-6-4-3-5-7-17/h3-13,23H,1-2H3,(H,22,25). The molecule has 3 rings (SSSR count). The maximum Gasteiger partial charge on any atom is 0.271 e. The van der Waals surface area contributed by atoms with Crippen molar-refractivity contribution in [1.82, 2.24) is 0 Å². The third-order valence-electron chi connectivity index (χ3n) is 4.45. The summed E-state index contributed by atoms with van der Waals surface area (Å²) in [6.45, 7) is 3.24. The van der Waals surface area contributed by atoms with E-state index in [0.29, 0.717) is 16.8 Å². The van der Waals surface area contributed by atoms with Gasteiger partial charge in [-0.3, -0.25) is 19.6 Å². The van der Waals surface area contributed by atoms with Gasteiger partial charge in [0.2, 0.25) is 0 Å². The second kappa shape index (κ2) is 8.34. The van der Waals surface area contributed by atoms with Crippen LogP contribution in [0.1, 0.15) is 21.5 Å². The Labute approximate surface area is 173 Å². The molecule has 0 bridgehead atoms. The zero-order chi connectivity index (χ0) is 21.9. The van der Waals surface area contributed by atoms with Crippen LogP contribution in [0.4, 0.5) is 17.1 Å². The summed E-state index contributed by atoms with van der Waals surface area (Å²) in [4.78, 5) is 22.9. The van der Waals surface area contributed by atoms with Crippen LogP contribution in [0.3, 0.4) is 0 Å². The Balaban J connectivity index is 1.93. The van der Waals surface area contributed by atoms with Crippen LogP contribution in [0.5, 0.6) is 0 Å². The minimum atomic E-state index is -4.09. The van der Waals surface area contributed by atoms with Crippen molar-refractivity contribution in [3.63, 3.8) is 0 Å². The molecule has 0 atom stereocenters. The first-order valence-corrected chi connectivity index (χ1v) is 10.4. The number of anilines is 2. The number of nitro benzene ring substituents is 1. The van der Waals surface area contributed by atoms with Crippen molar-refractivity contribution < 1.29 is 18.1 Å². The molecule has 0 aliphatic rings. The highest BCUT2D eigenvalue weighted by Gasteiger charge is 2.21. The molecule has 0 aromatic heterocycles. The van der Waals surface area contributed by atoms with Gasteiger partial charge in [-0.25, -0.2) is 8.42 Å². The van der Waals surface area contributed by atoms with Gasteiger partial charge >= 0.3 is 0 Å². The molecule has 3 aromatic rings. The number of rotatable bonds is 6. The molecule has 0 fully saturated rings. The Morgan fingerprint density at radius 2 is 1.60 bits per heavy atom. The lowest BCUT2D eigenvalue weighted by Gasteiger charge is -2.13. The summed E-state index contributed by atoms with van der Waals surface area (Å²) >= 11 is 0. The van der Waals surface area contributed by atoms with Crippen molar-refractivity contribution in [2.45, 2.75) is 18.7 Å². The molecule has 0 saturated carbocycles. The van der Waals surface area contributed by atoms with Crippen molar-refractivity contribution >= 4 is 33.0 Å². The zero-order valence-electron chi connectivity index (χ0n) is 16.2. The molecule has 8 nitrogen and oxygen atoms in total. The number of hydrogen-bond donors (Lipinski definition) is 2. The Hall–Kier alpha value is -3.72. The minimum absolute atomic E-state index is 0.0888. The molecule has 30 heavy (non-hydrogen) atoms. The number of nitrogens with one attached hydrogen (secondary N) is 2. The van der Waals surface area contributed by atoms with Crippen LogP contribution in [0, 0.1) is 24.0 Å². The number of hydrogen-bond acceptors (Lipinski definition) is 5. The Morgan fingerprint density at radius 3 is 2.27 bits per heavy atom. The molecular formula is C21H19N3O5S. The van der Waals surface area contributed by atoms with Crippen LogP contribution in [-0.2, 0) is 10.0 Å². The summed E-state index contributed by atoms with van der Waals surface area (Å²) in [6, 6.07) is 17.1. The highest BCUT2D eigenvalue weighted by atomic mass is 32.2. The maximum atomic E-state index is 13.0. The fraction of sp³-hybridized carbons (Fsp3) is 0.0952. The predicted octanol–water partition coefficient (Wildman–Crippen LogP) is 4.26. The number of sulfonamides is 1. The lowest BCUT2D eigenvalue weighted by atomic mass is 10.1. The fourth-order valence-corrected chi connectivity index (χ4v) is 4.18. The number of non-ortho nitro benzene ring substituents is 1. The van der Waals surface area contributed by atoms with Crippen molar-refractivity contribution in [3.05, 3.63) is 93.5 Å². The number of nitro groups is 1. The van der Waals surface area contributed by atoms with Gasteiger partial charge in [-0.05, 0) is 49.2 Å². The number of benzene rings is 3. The number of para-hydroxylation sites is 1. The molecule has 1 amide bonds. The van der Waals surface area contributed by atoms with Crippen LogP contribution in [0.15, 0.2) is 71.6 Å². The van der Waals surface area contributed by atoms with Gasteiger partial charge in [0.1, 0.15) is 0 Å².